The highest BCUT2D eigenvalue weighted by Crippen LogP contribution is 2.12. The van der Waals surface area contributed by atoms with Gasteiger partial charge in [-0.3, -0.25) is 0 Å². The molecule has 1 aromatic carbocycles. The normalized spacial score (nSPS) is 13.0. The molecular weight excluding hydrogens is 167 g/mol. The first-order valence-electron chi connectivity index (χ1n) is 3.25. The number of hydrogen-bond donors (Lipinski definition) is 1. The Hall–Kier alpha value is -0.600. The van der Waals surface area contributed by atoms with E-state index >= 15 is 0 Å². The second-order valence-corrected chi connectivity index (χ2v) is 2.70. The first kappa shape index (κ1) is 8.50. The molecule has 0 aliphatic rings. The predicted molar refractivity (Wildman–Crippen MR) is 42.3 cm³/mol. The van der Waals surface area contributed by atoms with Gasteiger partial charge in [0.05, 0.1) is 0 Å². The number of halogens is 2. The summed E-state index contributed by atoms with van der Waals surface area (Å²) < 4.78 is 12.0. The van der Waals surface area contributed by atoms with Crippen LogP contribution < -0.4 is 0 Å². The van der Waals surface area contributed by atoms with Crippen LogP contribution in [0.1, 0.15) is 5.56 Å². The molecule has 0 spiro atoms. The van der Waals surface area contributed by atoms with Gasteiger partial charge < -0.3 is 5.11 Å². The maximum Gasteiger partial charge on any atom is 0.200 e. The maximum absolute atomic E-state index is 12.0. The topological polar surface area (TPSA) is 20.2 Å². The van der Waals surface area contributed by atoms with E-state index in [0.717, 1.165) is 0 Å². The molecule has 1 nitrogen and oxygen atoms in total. The fourth-order valence-electron chi connectivity index (χ4n) is 0.858. The fraction of sp³-hybridized carbons (Fsp3) is 0.250. The molecule has 0 aliphatic carbocycles. The van der Waals surface area contributed by atoms with Gasteiger partial charge in [-0.05, 0) is 17.7 Å². The van der Waals surface area contributed by atoms with Gasteiger partial charge in [0.2, 0.25) is 0 Å². The Morgan fingerprint density at radius 2 is 2.27 bits per heavy atom. The third kappa shape index (κ3) is 2.87. The minimum Gasteiger partial charge on any atom is -0.364 e. The Kier molecular flexibility index (Phi) is 2.85. The molecule has 3 heteroatoms. The monoisotopic (exact) mass is 174 g/mol. The summed E-state index contributed by atoms with van der Waals surface area (Å²) in [6.45, 7) is 0. The zero-order valence-corrected chi connectivity index (χ0v) is 6.55. The Bertz CT molecular complexity index is 237. The Labute approximate surface area is 69.4 Å². The van der Waals surface area contributed by atoms with E-state index in [-0.39, 0.29) is 6.42 Å². The molecule has 0 aromatic heterocycles. The van der Waals surface area contributed by atoms with Crippen LogP contribution in [0.3, 0.4) is 0 Å². The van der Waals surface area contributed by atoms with Crippen LogP contribution in [0.2, 0.25) is 5.02 Å². The van der Waals surface area contributed by atoms with Crippen molar-refractivity contribution in [3.63, 3.8) is 0 Å². The van der Waals surface area contributed by atoms with Crippen LogP contribution in [0.5, 0.6) is 0 Å². The molecule has 11 heavy (non-hydrogen) atoms. The molecule has 0 amide bonds. The zero-order chi connectivity index (χ0) is 8.27. The second-order valence-electron chi connectivity index (χ2n) is 2.27. The van der Waals surface area contributed by atoms with Crippen molar-refractivity contribution in [3.8, 4) is 0 Å². The van der Waals surface area contributed by atoms with E-state index in [4.69, 9.17) is 16.7 Å². The molecule has 1 rings (SSSR count). The lowest BCUT2D eigenvalue weighted by Gasteiger charge is -2.00. The number of aliphatic hydroxyl groups is 1. The quantitative estimate of drug-likeness (QED) is 0.729. The van der Waals surface area contributed by atoms with Gasteiger partial charge in [-0.2, -0.15) is 0 Å². The van der Waals surface area contributed by atoms with Crippen molar-refractivity contribution in [1.82, 2.24) is 0 Å². The molecule has 0 saturated heterocycles. The zero-order valence-electron chi connectivity index (χ0n) is 5.80. The van der Waals surface area contributed by atoms with E-state index < -0.39 is 6.36 Å². The van der Waals surface area contributed by atoms with Crippen molar-refractivity contribution < 1.29 is 9.50 Å². The van der Waals surface area contributed by atoms with Gasteiger partial charge in [0.15, 0.2) is 6.36 Å². The summed E-state index contributed by atoms with van der Waals surface area (Å²) in [6.07, 6.45) is -1.80. The van der Waals surface area contributed by atoms with E-state index in [1.165, 1.54) is 0 Å². The molecule has 60 valence electrons. The van der Waals surface area contributed by atoms with Gasteiger partial charge in [-0.15, -0.1) is 0 Å². The molecular formula is C8H8ClFO. The summed E-state index contributed by atoms with van der Waals surface area (Å²) in [7, 11) is 0. The van der Waals surface area contributed by atoms with Crippen molar-refractivity contribution >= 4 is 11.6 Å². The number of hydrogen-bond acceptors (Lipinski definition) is 1. The van der Waals surface area contributed by atoms with Gasteiger partial charge in [-0.25, -0.2) is 4.39 Å². The summed E-state index contributed by atoms with van der Waals surface area (Å²) in [5.41, 5.74) is 0.701. The minimum atomic E-state index is -1.80. The molecule has 1 N–H and O–H groups in total. The summed E-state index contributed by atoms with van der Waals surface area (Å²) in [4.78, 5) is 0. The van der Waals surface area contributed by atoms with Crippen molar-refractivity contribution in [3.05, 3.63) is 34.9 Å². The van der Waals surface area contributed by atoms with Gasteiger partial charge >= 0.3 is 0 Å². The summed E-state index contributed by atoms with van der Waals surface area (Å²) in [5, 5.41) is 8.95. The van der Waals surface area contributed by atoms with E-state index in [1.807, 2.05) is 0 Å². The second kappa shape index (κ2) is 3.69. The Balaban J connectivity index is 2.71. The van der Waals surface area contributed by atoms with Crippen LogP contribution in [-0.4, -0.2) is 11.5 Å². The molecule has 0 bridgehead atoms. The fourth-order valence-corrected chi connectivity index (χ4v) is 1.07. The molecule has 0 aliphatic heterocycles. The SMILES string of the molecule is O[C@H](F)Cc1cccc(Cl)c1. The van der Waals surface area contributed by atoms with Crippen LogP contribution >= 0.6 is 11.6 Å². The van der Waals surface area contributed by atoms with Gasteiger partial charge in [0.25, 0.3) is 0 Å². The first-order valence-corrected chi connectivity index (χ1v) is 3.63. The summed E-state index contributed by atoms with van der Waals surface area (Å²) in [5.74, 6) is 0. The number of aliphatic hydroxyl groups excluding tert-OH is 1. The van der Waals surface area contributed by atoms with Crippen molar-refractivity contribution in [2.45, 2.75) is 12.8 Å². The average molecular weight is 175 g/mol. The van der Waals surface area contributed by atoms with Gasteiger partial charge in [0, 0.05) is 11.4 Å². The van der Waals surface area contributed by atoms with E-state index in [0.29, 0.717) is 10.6 Å². The van der Waals surface area contributed by atoms with Crippen molar-refractivity contribution in [1.29, 1.82) is 0 Å². The lowest BCUT2D eigenvalue weighted by Crippen LogP contribution is -2.01. The highest BCUT2D eigenvalue weighted by Gasteiger charge is 2.01. The average Bonchev–Trinajstić information content (AvgIpc) is 1.85. The molecule has 1 atom stereocenters. The summed E-state index contributed by atoms with van der Waals surface area (Å²) >= 11 is 5.62. The molecule has 0 saturated carbocycles. The van der Waals surface area contributed by atoms with Gasteiger partial charge in [-0.1, -0.05) is 23.7 Å². The van der Waals surface area contributed by atoms with Crippen molar-refractivity contribution in [2.24, 2.45) is 0 Å². The molecule has 1 aromatic rings. The first-order chi connectivity index (χ1) is 5.18. The van der Waals surface area contributed by atoms with Crippen molar-refractivity contribution in [2.75, 3.05) is 0 Å². The molecule has 0 unspecified atom stereocenters. The van der Waals surface area contributed by atoms with Crippen LogP contribution in [0.25, 0.3) is 0 Å². The van der Waals surface area contributed by atoms with Gasteiger partial charge in [0.1, 0.15) is 0 Å². The van der Waals surface area contributed by atoms with E-state index in [1.54, 1.807) is 24.3 Å². The Morgan fingerprint density at radius 1 is 1.55 bits per heavy atom. The van der Waals surface area contributed by atoms with Crippen LogP contribution in [-0.2, 0) is 6.42 Å². The van der Waals surface area contributed by atoms with E-state index in [9.17, 15) is 4.39 Å². The lowest BCUT2D eigenvalue weighted by molar-refractivity contribution is 0.0430. The maximum atomic E-state index is 12.0. The number of rotatable bonds is 2. The van der Waals surface area contributed by atoms with Crippen LogP contribution in [0.15, 0.2) is 24.3 Å². The number of benzene rings is 1. The largest absolute Gasteiger partial charge is 0.364 e. The highest BCUT2D eigenvalue weighted by molar-refractivity contribution is 6.30. The third-order valence-corrected chi connectivity index (χ3v) is 1.53. The van der Waals surface area contributed by atoms with Crippen LogP contribution in [0.4, 0.5) is 4.39 Å². The van der Waals surface area contributed by atoms with E-state index in [2.05, 4.69) is 0 Å². The smallest absolute Gasteiger partial charge is 0.200 e. The Morgan fingerprint density at radius 3 is 2.82 bits per heavy atom. The van der Waals surface area contributed by atoms with Crippen LogP contribution in [0, 0.1) is 0 Å². The molecule has 0 fully saturated rings. The standard InChI is InChI=1S/C8H8ClFO/c9-7-3-1-2-6(4-7)5-8(10)11/h1-4,8,11H,5H2/t8-/m0/s1. The number of alkyl halides is 1. The molecule has 0 radical (unpaired) electrons. The molecule has 0 heterocycles. The third-order valence-electron chi connectivity index (χ3n) is 1.29. The minimum absolute atomic E-state index is 0.000556. The summed E-state index contributed by atoms with van der Waals surface area (Å²) in [6, 6.07) is 6.77. The lowest BCUT2D eigenvalue weighted by atomic mass is 10.1. The predicted octanol–water partition coefficient (Wildman–Crippen LogP) is 2.17. The highest BCUT2D eigenvalue weighted by atomic mass is 35.5.